The fraction of sp³-hybridized carbons (Fsp3) is 0.435. The Morgan fingerprint density at radius 3 is 2.47 bits per heavy atom. The summed E-state index contributed by atoms with van der Waals surface area (Å²) in [6.45, 7) is 7.01. The van der Waals surface area contributed by atoms with Crippen LogP contribution in [-0.4, -0.2) is 73.2 Å². The summed E-state index contributed by atoms with van der Waals surface area (Å²) in [6, 6.07) is 14.0. The van der Waals surface area contributed by atoms with E-state index in [0.29, 0.717) is 26.3 Å². The Balaban J connectivity index is 0.000000406. The lowest BCUT2D eigenvalue weighted by Crippen LogP contribution is -2.61. The summed E-state index contributed by atoms with van der Waals surface area (Å²) >= 11 is 0. The van der Waals surface area contributed by atoms with Crippen molar-refractivity contribution in [3.05, 3.63) is 53.7 Å². The minimum atomic E-state index is -5.08. The van der Waals surface area contributed by atoms with Gasteiger partial charge in [0, 0.05) is 17.9 Å². The van der Waals surface area contributed by atoms with Crippen molar-refractivity contribution in [3.8, 4) is 0 Å². The van der Waals surface area contributed by atoms with Gasteiger partial charge in [0.15, 0.2) is 0 Å². The number of ether oxygens (including phenoxy) is 2. The van der Waals surface area contributed by atoms with Crippen LogP contribution in [-0.2, 0) is 19.1 Å². The van der Waals surface area contributed by atoms with Crippen molar-refractivity contribution in [2.24, 2.45) is 0 Å². The standard InChI is InChI=1S/C21H25N3O3.C2HF3O2/c1-16-6-3-4-8-18(16)24-14-21(27-12-20(24)25)13-23(10-11-26-15-21)19-9-5-7-17(2)22-19;3-2(4,5)1(6)7/h3-9H,10-15H2,1-2H3;(H,6,7). The van der Waals surface area contributed by atoms with Crippen LogP contribution in [0.5, 0.6) is 0 Å². The number of carbonyl (C=O) groups excluding carboxylic acids is 1. The molecule has 0 saturated carbocycles. The number of para-hydroxylation sites is 1. The number of rotatable bonds is 2. The molecule has 8 nitrogen and oxygen atoms in total. The van der Waals surface area contributed by atoms with Crippen molar-refractivity contribution in [1.29, 1.82) is 0 Å². The Bertz CT molecular complexity index is 1030. The highest BCUT2D eigenvalue weighted by Crippen LogP contribution is 2.30. The van der Waals surface area contributed by atoms with Crippen LogP contribution in [0.2, 0.25) is 0 Å². The van der Waals surface area contributed by atoms with E-state index in [1.54, 1.807) is 0 Å². The lowest BCUT2D eigenvalue weighted by atomic mass is 10.00. The van der Waals surface area contributed by atoms with E-state index in [0.717, 1.165) is 29.3 Å². The molecule has 2 saturated heterocycles. The van der Waals surface area contributed by atoms with E-state index >= 15 is 0 Å². The molecule has 2 aromatic rings. The minimum absolute atomic E-state index is 0.0144. The maximum absolute atomic E-state index is 12.6. The van der Waals surface area contributed by atoms with E-state index in [9.17, 15) is 18.0 Å². The van der Waals surface area contributed by atoms with Gasteiger partial charge in [-0.1, -0.05) is 24.3 Å². The number of aromatic nitrogens is 1. The number of carboxylic acid groups (broad SMARTS) is 1. The number of aliphatic carboxylic acids is 1. The van der Waals surface area contributed by atoms with Crippen molar-refractivity contribution in [2.45, 2.75) is 25.6 Å². The van der Waals surface area contributed by atoms with Crippen LogP contribution in [0, 0.1) is 13.8 Å². The van der Waals surface area contributed by atoms with E-state index < -0.39 is 17.7 Å². The number of alkyl halides is 3. The number of aryl methyl sites for hydroxylation is 2. The number of pyridine rings is 1. The van der Waals surface area contributed by atoms with E-state index in [-0.39, 0.29) is 12.5 Å². The van der Waals surface area contributed by atoms with E-state index in [2.05, 4.69) is 9.88 Å². The lowest BCUT2D eigenvalue weighted by Gasteiger charge is -2.43. The topological polar surface area (TPSA) is 92.2 Å². The number of carboxylic acids is 1. The third-order valence-electron chi connectivity index (χ3n) is 5.45. The molecule has 1 N–H and O–H groups in total. The molecule has 1 aromatic heterocycles. The Labute approximate surface area is 194 Å². The summed E-state index contributed by atoms with van der Waals surface area (Å²) in [7, 11) is 0. The molecule has 0 radical (unpaired) electrons. The molecule has 1 spiro atoms. The maximum atomic E-state index is 12.6. The number of hydrogen-bond acceptors (Lipinski definition) is 6. The highest BCUT2D eigenvalue weighted by atomic mass is 19.4. The summed E-state index contributed by atoms with van der Waals surface area (Å²) in [4.78, 5) is 30.2. The van der Waals surface area contributed by atoms with E-state index in [1.165, 1.54) is 0 Å². The van der Waals surface area contributed by atoms with Gasteiger partial charge in [0.25, 0.3) is 5.91 Å². The first-order valence-corrected chi connectivity index (χ1v) is 10.6. The molecule has 1 unspecified atom stereocenters. The van der Waals surface area contributed by atoms with Crippen molar-refractivity contribution in [1.82, 2.24) is 4.98 Å². The first-order valence-electron chi connectivity index (χ1n) is 10.6. The fourth-order valence-electron chi connectivity index (χ4n) is 3.79. The Morgan fingerprint density at radius 1 is 1.12 bits per heavy atom. The van der Waals surface area contributed by atoms with Gasteiger partial charge in [-0.3, -0.25) is 4.79 Å². The third kappa shape index (κ3) is 6.23. The molecule has 11 heteroatoms. The second-order valence-electron chi connectivity index (χ2n) is 8.15. The molecule has 0 bridgehead atoms. The molecule has 3 heterocycles. The summed E-state index contributed by atoms with van der Waals surface area (Å²) in [5.74, 6) is -1.85. The van der Waals surface area contributed by atoms with Gasteiger partial charge in [-0.05, 0) is 37.6 Å². The number of hydrogen-bond donors (Lipinski definition) is 1. The summed E-state index contributed by atoms with van der Waals surface area (Å²) in [5, 5.41) is 7.12. The Morgan fingerprint density at radius 2 is 1.82 bits per heavy atom. The van der Waals surface area contributed by atoms with Crippen LogP contribution < -0.4 is 9.80 Å². The SMILES string of the molecule is Cc1cccc(N2CCOCC3(C2)CN(c2ccccc2C)C(=O)CO3)n1.O=C(O)C(F)(F)F. The molecule has 1 atom stereocenters. The molecular weight excluding hydrogens is 455 g/mol. The Hall–Kier alpha value is -3.18. The zero-order chi connectivity index (χ0) is 24.9. The van der Waals surface area contributed by atoms with Crippen LogP contribution in [0.1, 0.15) is 11.3 Å². The normalized spacial score (nSPS) is 21.0. The fourth-order valence-corrected chi connectivity index (χ4v) is 3.79. The predicted molar refractivity (Wildman–Crippen MR) is 118 cm³/mol. The predicted octanol–water partition coefficient (Wildman–Crippen LogP) is 2.97. The van der Waals surface area contributed by atoms with Crippen molar-refractivity contribution in [2.75, 3.05) is 49.3 Å². The van der Waals surface area contributed by atoms with Crippen LogP contribution in [0.3, 0.4) is 0 Å². The van der Waals surface area contributed by atoms with Gasteiger partial charge in [-0.15, -0.1) is 0 Å². The monoisotopic (exact) mass is 481 g/mol. The number of nitrogens with zero attached hydrogens (tertiary/aromatic N) is 3. The number of benzene rings is 1. The van der Waals surface area contributed by atoms with Crippen LogP contribution in [0.25, 0.3) is 0 Å². The third-order valence-corrected chi connectivity index (χ3v) is 5.45. The van der Waals surface area contributed by atoms with Crippen LogP contribution in [0.15, 0.2) is 42.5 Å². The van der Waals surface area contributed by atoms with Gasteiger partial charge in [0.2, 0.25) is 0 Å². The first kappa shape index (κ1) is 25.4. The first-order chi connectivity index (χ1) is 16.0. The lowest BCUT2D eigenvalue weighted by molar-refractivity contribution is -0.192. The van der Waals surface area contributed by atoms with Gasteiger partial charge < -0.3 is 24.4 Å². The van der Waals surface area contributed by atoms with Crippen LogP contribution in [0.4, 0.5) is 24.7 Å². The summed E-state index contributed by atoms with van der Waals surface area (Å²) < 4.78 is 43.7. The zero-order valence-electron chi connectivity index (χ0n) is 18.8. The maximum Gasteiger partial charge on any atom is 0.490 e. The Kier molecular flexibility index (Phi) is 7.78. The molecule has 34 heavy (non-hydrogen) atoms. The van der Waals surface area contributed by atoms with E-state index in [4.69, 9.17) is 19.4 Å². The smallest absolute Gasteiger partial charge is 0.475 e. The average Bonchev–Trinajstić information content (AvgIpc) is 2.99. The number of morpholine rings is 1. The van der Waals surface area contributed by atoms with Crippen molar-refractivity contribution >= 4 is 23.4 Å². The summed E-state index contributed by atoms with van der Waals surface area (Å²) in [5.41, 5.74) is 2.43. The second kappa shape index (κ2) is 10.4. The van der Waals surface area contributed by atoms with E-state index in [1.807, 2.05) is 61.2 Å². The second-order valence-corrected chi connectivity index (χ2v) is 8.15. The van der Waals surface area contributed by atoms with Gasteiger partial charge in [-0.25, -0.2) is 9.78 Å². The molecule has 0 aliphatic carbocycles. The van der Waals surface area contributed by atoms with Gasteiger partial charge in [0.1, 0.15) is 18.0 Å². The summed E-state index contributed by atoms with van der Waals surface area (Å²) in [6.07, 6.45) is -5.08. The minimum Gasteiger partial charge on any atom is -0.475 e. The molecule has 2 fully saturated rings. The highest BCUT2D eigenvalue weighted by molar-refractivity contribution is 5.96. The molecule has 2 aliphatic rings. The van der Waals surface area contributed by atoms with Crippen LogP contribution >= 0.6 is 0 Å². The zero-order valence-corrected chi connectivity index (χ0v) is 18.8. The molecule has 4 rings (SSSR count). The largest absolute Gasteiger partial charge is 0.490 e. The quantitative estimate of drug-likeness (QED) is 0.705. The van der Waals surface area contributed by atoms with Crippen molar-refractivity contribution in [3.63, 3.8) is 0 Å². The molecule has 2 aliphatic heterocycles. The van der Waals surface area contributed by atoms with Crippen molar-refractivity contribution < 1.29 is 37.3 Å². The molecule has 1 aromatic carbocycles. The van der Waals surface area contributed by atoms with Gasteiger partial charge in [0.05, 0.1) is 26.3 Å². The van der Waals surface area contributed by atoms with Gasteiger partial charge in [-0.2, -0.15) is 13.2 Å². The average molecular weight is 481 g/mol. The van der Waals surface area contributed by atoms with Gasteiger partial charge >= 0.3 is 12.1 Å². The molecule has 184 valence electrons. The number of carbonyl (C=O) groups is 2. The number of anilines is 2. The molecular formula is C23H26F3N3O5. The molecule has 1 amide bonds. The number of amides is 1. The highest BCUT2D eigenvalue weighted by Gasteiger charge is 2.44. The number of halogens is 3.